The molecule has 2 N–H and O–H groups in total. The summed E-state index contributed by atoms with van der Waals surface area (Å²) in [7, 11) is -10.4. The van der Waals surface area contributed by atoms with E-state index in [1.54, 1.807) is 0 Å². The lowest BCUT2D eigenvalue weighted by molar-refractivity contribution is -0.137. The Balaban J connectivity index is 1.93. The number of nitrogens with one attached hydrogen (secondary N) is 2. The molecule has 0 bridgehead atoms. The number of hydrogen-bond acceptors (Lipinski definition) is 5. The van der Waals surface area contributed by atoms with Gasteiger partial charge in [-0.05, 0) is 31.0 Å². The third-order valence-corrected chi connectivity index (χ3v) is 5.54. The van der Waals surface area contributed by atoms with Crippen molar-refractivity contribution in [3.63, 3.8) is 0 Å². The van der Waals surface area contributed by atoms with Gasteiger partial charge in [0.25, 0.3) is 0 Å². The SMILES string of the molecule is O=CNNC1(C(=O)/C=C\n2cnc(-c3cc(C(F)(F)F)cc(S(F)(F)(F)(F)F)c3)n2)CC1. The number of ketones is 1. The average molecular weight is 491 g/mol. The number of carbonyl (C=O) groups excluding carboxylic acids is 2. The Morgan fingerprint density at radius 3 is 2.31 bits per heavy atom. The molecule has 7 nitrogen and oxygen atoms in total. The molecule has 16 heteroatoms. The zero-order chi connectivity index (χ0) is 24.1. The van der Waals surface area contributed by atoms with Crippen LogP contribution >= 0.6 is 10.2 Å². The molecule has 1 aromatic heterocycles. The largest absolute Gasteiger partial charge is 0.416 e. The fraction of sp³-hybridized carbons (Fsp3) is 0.250. The van der Waals surface area contributed by atoms with Gasteiger partial charge in [-0.2, -0.15) is 13.2 Å². The van der Waals surface area contributed by atoms with Crippen molar-refractivity contribution in [1.82, 2.24) is 25.6 Å². The van der Waals surface area contributed by atoms with Crippen molar-refractivity contribution < 1.29 is 42.2 Å². The van der Waals surface area contributed by atoms with E-state index < -0.39 is 55.6 Å². The van der Waals surface area contributed by atoms with E-state index in [0.717, 1.165) is 23.3 Å². The molecule has 32 heavy (non-hydrogen) atoms. The number of hydrogen-bond donors (Lipinski definition) is 2. The van der Waals surface area contributed by atoms with Crippen LogP contribution in [0.2, 0.25) is 0 Å². The van der Waals surface area contributed by atoms with Gasteiger partial charge < -0.3 is 0 Å². The maximum absolute atomic E-state index is 13.1. The van der Waals surface area contributed by atoms with Crippen LogP contribution in [0.15, 0.2) is 35.5 Å². The number of aromatic nitrogens is 3. The number of hydrazine groups is 1. The van der Waals surface area contributed by atoms with E-state index in [1.807, 2.05) is 0 Å². The Bertz CT molecular complexity index is 1110. The smallest absolute Gasteiger partial charge is 0.293 e. The lowest BCUT2D eigenvalue weighted by Crippen LogP contribution is -2.46. The fourth-order valence-electron chi connectivity index (χ4n) is 2.62. The number of carbonyl (C=O) groups is 2. The van der Waals surface area contributed by atoms with Gasteiger partial charge in [-0.25, -0.2) is 15.1 Å². The molecular weight excluding hydrogens is 478 g/mol. The molecular formula is C16H13F8N5O2S. The molecule has 1 aliphatic rings. The molecule has 0 radical (unpaired) electrons. The molecule has 2 aromatic rings. The molecule has 1 aromatic carbocycles. The molecule has 0 unspecified atom stereocenters. The quantitative estimate of drug-likeness (QED) is 0.247. The van der Waals surface area contributed by atoms with Gasteiger partial charge in [0.15, 0.2) is 11.6 Å². The minimum atomic E-state index is -10.4. The zero-order valence-electron chi connectivity index (χ0n) is 15.5. The number of nitrogens with zero attached hydrogens (tertiary/aromatic N) is 3. The Hall–Kier alpha value is -3.01. The number of alkyl halides is 3. The summed E-state index contributed by atoms with van der Waals surface area (Å²) in [5, 5.41) is 3.62. The third-order valence-electron chi connectivity index (χ3n) is 4.42. The summed E-state index contributed by atoms with van der Waals surface area (Å²) < 4.78 is 105. The number of amides is 1. The van der Waals surface area contributed by atoms with Crippen molar-refractivity contribution in [2.75, 3.05) is 0 Å². The van der Waals surface area contributed by atoms with E-state index in [1.165, 1.54) is 0 Å². The van der Waals surface area contributed by atoms with Crippen molar-refractivity contribution in [3.8, 4) is 11.4 Å². The average Bonchev–Trinajstić information content (AvgIpc) is 3.30. The van der Waals surface area contributed by atoms with Crippen LogP contribution in [0.3, 0.4) is 0 Å². The number of rotatable bonds is 8. The van der Waals surface area contributed by atoms with Crippen LogP contribution in [0.5, 0.6) is 0 Å². The van der Waals surface area contributed by atoms with Gasteiger partial charge in [-0.1, -0.05) is 19.4 Å². The molecule has 176 valence electrons. The molecule has 0 saturated heterocycles. The van der Waals surface area contributed by atoms with Gasteiger partial charge in [0.2, 0.25) is 6.41 Å². The van der Waals surface area contributed by atoms with Crippen molar-refractivity contribution in [1.29, 1.82) is 0 Å². The predicted molar refractivity (Wildman–Crippen MR) is 96.5 cm³/mol. The van der Waals surface area contributed by atoms with E-state index in [4.69, 9.17) is 0 Å². The molecule has 1 amide bonds. The fourth-order valence-corrected chi connectivity index (χ4v) is 3.32. The summed E-state index contributed by atoms with van der Waals surface area (Å²) >= 11 is 0. The second kappa shape index (κ2) is 6.74. The Kier molecular flexibility index (Phi) is 4.98. The summed E-state index contributed by atoms with van der Waals surface area (Å²) in [6, 6.07) is -0.634. The molecule has 1 saturated carbocycles. The summed E-state index contributed by atoms with van der Waals surface area (Å²) in [5.41, 5.74) is 0.694. The second-order valence-electron chi connectivity index (χ2n) is 6.91. The highest BCUT2D eigenvalue weighted by atomic mass is 32.5. The minimum absolute atomic E-state index is 0.167. The first-order chi connectivity index (χ1) is 14.4. The number of benzene rings is 1. The standard InChI is InChI=1S/C16H13F8N5O2S/c17-16(18,19)11-5-10(6-12(7-11)32(20,21,22,23)24)14-25-8-29(27-14)4-1-13(31)15(2-3-15)28-26-9-30/h1,4-9,28H,2-3H2,(H,26,30)/b4-1-. The summed E-state index contributed by atoms with van der Waals surface area (Å²) in [6.07, 6.45) is -1.35. The molecule has 0 aliphatic heterocycles. The third kappa shape index (κ3) is 5.24. The predicted octanol–water partition coefficient (Wildman–Crippen LogP) is 4.44. The van der Waals surface area contributed by atoms with E-state index >= 15 is 0 Å². The van der Waals surface area contributed by atoms with Crippen LogP contribution < -0.4 is 10.9 Å². The van der Waals surface area contributed by atoms with Gasteiger partial charge in [-0.15, -0.1) is 5.10 Å². The first-order valence-corrected chi connectivity index (χ1v) is 10.5. The summed E-state index contributed by atoms with van der Waals surface area (Å²) in [5.74, 6) is -1.20. The topological polar surface area (TPSA) is 88.9 Å². The van der Waals surface area contributed by atoms with Crippen molar-refractivity contribution in [2.24, 2.45) is 0 Å². The Morgan fingerprint density at radius 2 is 1.78 bits per heavy atom. The summed E-state index contributed by atoms with van der Waals surface area (Å²) in [4.78, 5) is 23.3. The van der Waals surface area contributed by atoms with Crippen LogP contribution in [0.1, 0.15) is 18.4 Å². The Morgan fingerprint density at radius 1 is 1.12 bits per heavy atom. The molecule has 0 atom stereocenters. The van der Waals surface area contributed by atoms with Gasteiger partial charge in [0.1, 0.15) is 11.2 Å². The molecule has 3 rings (SSSR count). The van der Waals surface area contributed by atoms with Crippen LogP contribution in [-0.2, 0) is 15.8 Å². The zero-order valence-corrected chi connectivity index (χ0v) is 16.4. The maximum Gasteiger partial charge on any atom is 0.416 e. The number of halogens is 8. The maximum atomic E-state index is 13.1. The van der Waals surface area contributed by atoms with Crippen LogP contribution in [0.4, 0.5) is 32.6 Å². The summed E-state index contributed by atoms with van der Waals surface area (Å²) in [6.45, 7) is 0. The van der Waals surface area contributed by atoms with E-state index in [9.17, 15) is 42.2 Å². The van der Waals surface area contributed by atoms with Gasteiger partial charge in [-0.3, -0.25) is 15.0 Å². The monoisotopic (exact) mass is 491 g/mol. The molecule has 0 spiro atoms. The van der Waals surface area contributed by atoms with Crippen LogP contribution in [-0.4, -0.2) is 32.5 Å². The van der Waals surface area contributed by atoms with Gasteiger partial charge in [0, 0.05) is 17.8 Å². The highest BCUT2D eigenvalue weighted by Crippen LogP contribution is 3.02. The van der Waals surface area contributed by atoms with Crippen molar-refractivity contribution in [2.45, 2.75) is 29.5 Å². The minimum Gasteiger partial charge on any atom is -0.293 e. The second-order valence-corrected chi connectivity index (χ2v) is 9.32. The molecule has 1 heterocycles. The first-order valence-electron chi connectivity index (χ1n) is 8.50. The van der Waals surface area contributed by atoms with E-state index in [-0.39, 0.29) is 12.1 Å². The normalized spacial score (nSPS) is 18.1. The van der Waals surface area contributed by atoms with Crippen LogP contribution in [0, 0.1) is 0 Å². The van der Waals surface area contributed by atoms with E-state index in [2.05, 4.69) is 20.9 Å². The first kappa shape index (κ1) is 23.6. The lowest BCUT2D eigenvalue weighted by atomic mass is 10.1. The molecule has 1 fully saturated rings. The Labute approximate surface area is 174 Å². The lowest BCUT2D eigenvalue weighted by Gasteiger charge is -2.40. The van der Waals surface area contributed by atoms with Crippen molar-refractivity contribution >= 4 is 28.6 Å². The highest BCUT2D eigenvalue weighted by Gasteiger charge is 2.66. The van der Waals surface area contributed by atoms with Gasteiger partial charge in [0.05, 0.1) is 11.1 Å². The van der Waals surface area contributed by atoms with E-state index in [0.29, 0.717) is 19.3 Å². The van der Waals surface area contributed by atoms with Gasteiger partial charge >= 0.3 is 16.4 Å². The van der Waals surface area contributed by atoms with Crippen LogP contribution in [0.25, 0.3) is 17.6 Å². The molecule has 1 aliphatic carbocycles. The van der Waals surface area contributed by atoms with Crippen molar-refractivity contribution in [3.05, 3.63) is 36.2 Å². The highest BCUT2D eigenvalue weighted by molar-refractivity contribution is 8.45.